The van der Waals surface area contributed by atoms with E-state index in [9.17, 15) is 19.4 Å². The number of para-hydroxylation sites is 1. The van der Waals surface area contributed by atoms with Crippen LogP contribution >= 0.6 is 0 Å². The Hall–Kier alpha value is -2.56. The van der Waals surface area contributed by atoms with Gasteiger partial charge in [-0.05, 0) is 31.2 Å². The molecule has 2 N–H and O–H groups in total. The Morgan fingerprint density at radius 3 is 2.30 bits per heavy atom. The molecule has 2 aromatic carbocycles. The molecule has 5 heteroatoms. The molecule has 0 heterocycles. The van der Waals surface area contributed by atoms with Crippen LogP contribution in [-0.4, -0.2) is 22.7 Å². The molecular weight excluding hydrogens is 261 g/mol. The molecule has 0 atom stereocenters. The number of hydrogen-bond donors (Lipinski definition) is 2. The first-order valence-corrected chi connectivity index (χ1v) is 6.12. The van der Waals surface area contributed by atoms with Crippen molar-refractivity contribution in [1.29, 1.82) is 0 Å². The van der Waals surface area contributed by atoms with Crippen LogP contribution in [0.3, 0.4) is 0 Å². The van der Waals surface area contributed by atoms with E-state index in [1.165, 1.54) is 35.2 Å². The molecule has 2 aromatic rings. The molecule has 0 unspecified atom stereocenters. The summed E-state index contributed by atoms with van der Waals surface area (Å²) in [6.45, 7) is 1.98. The number of aromatic hydroxyl groups is 2. The molecule has 0 aliphatic heterocycles. The summed E-state index contributed by atoms with van der Waals surface area (Å²) in [5.41, 5.74) is 0.246. The Bertz CT molecular complexity index is 623. The van der Waals surface area contributed by atoms with Crippen molar-refractivity contribution in [2.45, 2.75) is 6.92 Å². The van der Waals surface area contributed by atoms with Crippen LogP contribution in [0.15, 0.2) is 42.5 Å². The van der Waals surface area contributed by atoms with E-state index in [-0.39, 0.29) is 29.3 Å². The predicted molar refractivity (Wildman–Crippen MR) is 73.5 cm³/mol. The third-order valence-corrected chi connectivity index (χ3v) is 2.85. The highest BCUT2D eigenvalue weighted by atomic mass is 19.1. The molecule has 0 spiro atoms. The Morgan fingerprint density at radius 1 is 1.15 bits per heavy atom. The van der Waals surface area contributed by atoms with E-state index in [2.05, 4.69) is 0 Å². The number of carbonyl (C=O) groups excluding carboxylic acids is 1. The minimum Gasteiger partial charge on any atom is -0.508 e. The zero-order valence-corrected chi connectivity index (χ0v) is 10.9. The van der Waals surface area contributed by atoms with Gasteiger partial charge in [0.1, 0.15) is 17.3 Å². The van der Waals surface area contributed by atoms with Crippen LogP contribution in [0.5, 0.6) is 11.5 Å². The van der Waals surface area contributed by atoms with Crippen molar-refractivity contribution in [2.75, 3.05) is 11.4 Å². The summed E-state index contributed by atoms with van der Waals surface area (Å²) in [5, 5.41) is 18.8. The lowest BCUT2D eigenvalue weighted by Crippen LogP contribution is -2.31. The van der Waals surface area contributed by atoms with E-state index >= 15 is 0 Å². The van der Waals surface area contributed by atoms with Crippen molar-refractivity contribution >= 4 is 11.6 Å². The Balaban J connectivity index is 2.42. The lowest BCUT2D eigenvalue weighted by molar-refractivity contribution is 0.0986. The molecule has 2 rings (SSSR count). The van der Waals surface area contributed by atoms with E-state index in [1.54, 1.807) is 13.0 Å². The van der Waals surface area contributed by atoms with Crippen LogP contribution in [0.4, 0.5) is 10.1 Å². The molecule has 104 valence electrons. The monoisotopic (exact) mass is 275 g/mol. The number of amides is 1. The highest BCUT2D eigenvalue weighted by Crippen LogP contribution is 2.25. The van der Waals surface area contributed by atoms with Crippen molar-refractivity contribution < 1.29 is 19.4 Å². The van der Waals surface area contributed by atoms with Gasteiger partial charge in [-0.2, -0.15) is 0 Å². The third kappa shape index (κ3) is 2.71. The molecule has 0 bridgehead atoms. The summed E-state index contributed by atoms with van der Waals surface area (Å²) in [6.07, 6.45) is 0. The highest BCUT2D eigenvalue weighted by Gasteiger charge is 2.19. The lowest BCUT2D eigenvalue weighted by Gasteiger charge is -2.21. The fraction of sp³-hybridized carbons (Fsp3) is 0.133. The van der Waals surface area contributed by atoms with E-state index in [4.69, 9.17) is 0 Å². The van der Waals surface area contributed by atoms with Crippen molar-refractivity contribution in [2.24, 2.45) is 0 Å². The fourth-order valence-electron chi connectivity index (χ4n) is 1.97. The van der Waals surface area contributed by atoms with Crippen molar-refractivity contribution in [3.63, 3.8) is 0 Å². The van der Waals surface area contributed by atoms with Gasteiger partial charge in [-0.3, -0.25) is 4.79 Å². The van der Waals surface area contributed by atoms with E-state index < -0.39 is 11.7 Å². The first kappa shape index (κ1) is 13.9. The summed E-state index contributed by atoms with van der Waals surface area (Å²) in [5.74, 6) is -1.45. The van der Waals surface area contributed by atoms with Gasteiger partial charge in [0.15, 0.2) is 0 Å². The third-order valence-electron chi connectivity index (χ3n) is 2.85. The number of carbonyl (C=O) groups is 1. The van der Waals surface area contributed by atoms with Gasteiger partial charge < -0.3 is 15.1 Å². The van der Waals surface area contributed by atoms with Gasteiger partial charge in [0.2, 0.25) is 0 Å². The van der Waals surface area contributed by atoms with Gasteiger partial charge in [-0.25, -0.2) is 4.39 Å². The van der Waals surface area contributed by atoms with Crippen molar-refractivity contribution in [3.8, 4) is 11.5 Å². The summed E-state index contributed by atoms with van der Waals surface area (Å²) in [7, 11) is 0. The smallest absolute Gasteiger partial charge is 0.258 e. The Kier molecular flexibility index (Phi) is 3.89. The van der Waals surface area contributed by atoms with Crippen LogP contribution in [0.1, 0.15) is 17.3 Å². The molecular formula is C15H14FNO3. The maximum atomic E-state index is 13.8. The first-order chi connectivity index (χ1) is 9.52. The molecule has 0 aliphatic rings. The van der Waals surface area contributed by atoms with Gasteiger partial charge in [0.25, 0.3) is 5.91 Å². The van der Waals surface area contributed by atoms with Crippen LogP contribution in [0.2, 0.25) is 0 Å². The maximum Gasteiger partial charge on any atom is 0.258 e. The molecule has 0 aromatic heterocycles. The lowest BCUT2D eigenvalue weighted by atomic mass is 10.1. The quantitative estimate of drug-likeness (QED) is 0.905. The van der Waals surface area contributed by atoms with Crippen molar-refractivity contribution in [1.82, 2.24) is 0 Å². The molecule has 0 saturated carbocycles. The average Bonchev–Trinajstić information content (AvgIpc) is 2.40. The largest absolute Gasteiger partial charge is 0.508 e. The molecule has 20 heavy (non-hydrogen) atoms. The van der Waals surface area contributed by atoms with Crippen LogP contribution in [0.25, 0.3) is 0 Å². The van der Waals surface area contributed by atoms with Gasteiger partial charge in [0, 0.05) is 18.2 Å². The number of nitrogens with zero attached hydrogens (tertiary/aromatic N) is 1. The number of phenols is 2. The van der Waals surface area contributed by atoms with Crippen LogP contribution in [0, 0.1) is 5.82 Å². The standard InChI is InChI=1S/C15H14FNO3/c1-2-17(14-6-4-3-5-13(14)16)15(20)10-7-11(18)9-12(19)8-10/h3-9,18-19H,2H2,1H3. The highest BCUT2D eigenvalue weighted by molar-refractivity contribution is 6.06. The predicted octanol–water partition coefficient (Wildman–Crippen LogP) is 2.90. The SMILES string of the molecule is CCN(C(=O)c1cc(O)cc(O)c1)c1ccccc1F. The summed E-state index contributed by atoms with van der Waals surface area (Å²) in [6, 6.07) is 9.52. The molecule has 1 amide bonds. The van der Waals surface area contributed by atoms with E-state index in [0.717, 1.165) is 6.07 Å². The number of hydrogen-bond acceptors (Lipinski definition) is 3. The van der Waals surface area contributed by atoms with E-state index in [0.29, 0.717) is 0 Å². The van der Waals surface area contributed by atoms with Gasteiger partial charge in [-0.15, -0.1) is 0 Å². The normalized spacial score (nSPS) is 10.3. The van der Waals surface area contributed by atoms with E-state index in [1.807, 2.05) is 0 Å². The van der Waals surface area contributed by atoms with Crippen LogP contribution in [-0.2, 0) is 0 Å². The number of rotatable bonds is 3. The van der Waals surface area contributed by atoms with Gasteiger partial charge in [0.05, 0.1) is 5.69 Å². The van der Waals surface area contributed by atoms with Gasteiger partial charge in [-0.1, -0.05) is 12.1 Å². The number of halogens is 1. The van der Waals surface area contributed by atoms with Gasteiger partial charge >= 0.3 is 0 Å². The molecule has 0 fully saturated rings. The number of anilines is 1. The second kappa shape index (κ2) is 5.61. The second-order valence-electron chi connectivity index (χ2n) is 4.24. The topological polar surface area (TPSA) is 60.8 Å². The molecule has 4 nitrogen and oxygen atoms in total. The summed E-state index contributed by atoms with van der Waals surface area (Å²) < 4.78 is 13.8. The molecule has 0 radical (unpaired) electrons. The summed E-state index contributed by atoms with van der Waals surface area (Å²) in [4.78, 5) is 13.6. The minimum atomic E-state index is -0.507. The Morgan fingerprint density at radius 2 is 1.75 bits per heavy atom. The second-order valence-corrected chi connectivity index (χ2v) is 4.24. The molecule has 0 aliphatic carbocycles. The van der Waals surface area contributed by atoms with Crippen molar-refractivity contribution in [3.05, 3.63) is 53.8 Å². The number of benzene rings is 2. The fourth-order valence-corrected chi connectivity index (χ4v) is 1.97. The maximum absolute atomic E-state index is 13.8. The van der Waals surface area contributed by atoms with Crippen LogP contribution < -0.4 is 4.90 Å². The summed E-state index contributed by atoms with van der Waals surface area (Å²) >= 11 is 0. The minimum absolute atomic E-state index is 0.0904. The molecule has 0 saturated heterocycles. The first-order valence-electron chi connectivity index (χ1n) is 6.12. The average molecular weight is 275 g/mol. The zero-order chi connectivity index (χ0) is 14.7. The zero-order valence-electron chi connectivity index (χ0n) is 10.9. The Labute approximate surface area is 115 Å². The number of phenolic OH excluding ortho intramolecular Hbond substituents is 2.